The molecular formula is C24H32O7. The molecule has 3 saturated carbocycles. The van der Waals surface area contributed by atoms with Gasteiger partial charge in [0.2, 0.25) is 0 Å². The van der Waals surface area contributed by atoms with Gasteiger partial charge in [-0.3, -0.25) is 14.4 Å². The van der Waals surface area contributed by atoms with Crippen LogP contribution >= 0.6 is 0 Å². The lowest BCUT2D eigenvalue weighted by Gasteiger charge is -2.74. The van der Waals surface area contributed by atoms with Gasteiger partial charge in [0.05, 0.1) is 30.3 Å². The molecular weight excluding hydrogens is 400 g/mol. The average Bonchev–Trinajstić information content (AvgIpc) is 2.99. The Balaban J connectivity index is 1.58. The van der Waals surface area contributed by atoms with Crippen molar-refractivity contribution in [3.63, 3.8) is 0 Å². The molecule has 1 heterocycles. The second kappa shape index (κ2) is 6.41. The molecule has 4 aliphatic carbocycles. The van der Waals surface area contributed by atoms with Crippen molar-refractivity contribution in [2.45, 2.75) is 82.5 Å². The number of ether oxygens (including phenoxy) is 2. The number of esters is 1. The SMILES string of the molecule is COC(=O)C1CC2=CC(=O)CC3O[C@@]4(CC[C@@]5(C)[C@@H](CC[C@]5(O)CCC(=O)O)[C@H]14)[C@]23C. The van der Waals surface area contributed by atoms with Crippen LogP contribution in [0.1, 0.15) is 65.2 Å². The summed E-state index contributed by atoms with van der Waals surface area (Å²) in [5, 5.41) is 20.8. The lowest BCUT2D eigenvalue weighted by Crippen LogP contribution is -2.79. The number of fused-ring (bicyclic) bond motifs is 2. The van der Waals surface area contributed by atoms with Crippen LogP contribution in [0.5, 0.6) is 0 Å². The molecule has 2 N–H and O–H groups in total. The largest absolute Gasteiger partial charge is 0.481 e. The Labute approximate surface area is 182 Å². The van der Waals surface area contributed by atoms with Crippen molar-refractivity contribution >= 4 is 17.7 Å². The molecule has 0 aromatic rings. The van der Waals surface area contributed by atoms with Crippen LogP contribution in [-0.4, -0.2) is 52.4 Å². The smallest absolute Gasteiger partial charge is 0.309 e. The molecule has 7 nitrogen and oxygen atoms in total. The van der Waals surface area contributed by atoms with Gasteiger partial charge in [-0.15, -0.1) is 0 Å². The first-order valence-corrected chi connectivity index (χ1v) is 11.5. The fourth-order valence-corrected chi connectivity index (χ4v) is 8.38. The first-order valence-electron chi connectivity index (χ1n) is 11.5. The van der Waals surface area contributed by atoms with E-state index in [4.69, 9.17) is 9.47 Å². The molecule has 2 unspecified atom stereocenters. The normalized spacial score (nSPS) is 49.8. The number of carboxylic acid groups (broad SMARTS) is 1. The number of rotatable bonds is 4. The predicted octanol–water partition coefficient (Wildman–Crippen LogP) is 2.64. The van der Waals surface area contributed by atoms with Crippen LogP contribution in [0.15, 0.2) is 11.6 Å². The van der Waals surface area contributed by atoms with Crippen molar-refractivity contribution < 1.29 is 34.1 Å². The number of aliphatic hydroxyl groups is 1. The molecule has 1 spiro atoms. The summed E-state index contributed by atoms with van der Waals surface area (Å²) in [4.78, 5) is 36.5. The minimum atomic E-state index is -1.07. The summed E-state index contributed by atoms with van der Waals surface area (Å²) in [7, 11) is 1.40. The Kier molecular flexibility index (Phi) is 4.37. The number of hydrogen-bond acceptors (Lipinski definition) is 6. The van der Waals surface area contributed by atoms with E-state index >= 15 is 0 Å². The van der Waals surface area contributed by atoms with Gasteiger partial charge in [0.1, 0.15) is 0 Å². The van der Waals surface area contributed by atoms with Crippen LogP contribution in [0.4, 0.5) is 0 Å². The van der Waals surface area contributed by atoms with Crippen LogP contribution < -0.4 is 0 Å². The van der Waals surface area contributed by atoms with E-state index in [-0.39, 0.29) is 47.9 Å². The molecule has 0 amide bonds. The van der Waals surface area contributed by atoms with Crippen LogP contribution in [0.2, 0.25) is 0 Å². The molecule has 5 rings (SSSR count). The fourth-order valence-electron chi connectivity index (χ4n) is 8.38. The quantitative estimate of drug-likeness (QED) is 0.657. The summed E-state index contributed by atoms with van der Waals surface area (Å²) in [6.45, 7) is 4.26. The van der Waals surface area contributed by atoms with Crippen LogP contribution in [0, 0.1) is 28.6 Å². The summed E-state index contributed by atoms with van der Waals surface area (Å²) < 4.78 is 11.8. The zero-order valence-corrected chi connectivity index (χ0v) is 18.5. The van der Waals surface area contributed by atoms with E-state index in [1.807, 2.05) is 0 Å². The Morgan fingerprint density at radius 2 is 1.97 bits per heavy atom. The Bertz CT molecular complexity index is 894. The van der Waals surface area contributed by atoms with Crippen LogP contribution in [0.25, 0.3) is 0 Å². The second-order valence-corrected chi connectivity index (χ2v) is 10.9. The van der Waals surface area contributed by atoms with Crippen molar-refractivity contribution in [3.8, 4) is 0 Å². The van der Waals surface area contributed by atoms with Gasteiger partial charge >= 0.3 is 11.9 Å². The van der Waals surface area contributed by atoms with Crippen molar-refractivity contribution in [1.82, 2.24) is 0 Å². The summed E-state index contributed by atoms with van der Waals surface area (Å²) in [5.41, 5.74) is -1.36. The third-order valence-electron chi connectivity index (χ3n) is 10.1. The molecule has 4 fully saturated rings. The van der Waals surface area contributed by atoms with Crippen molar-refractivity contribution in [2.24, 2.45) is 28.6 Å². The van der Waals surface area contributed by atoms with Crippen molar-refractivity contribution in [1.29, 1.82) is 0 Å². The number of aliphatic carboxylic acids is 1. The molecule has 5 aliphatic rings. The van der Waals surface area contributed by atoms with E-state index in [2.05, 4.69) is 13.8 Å². The maximum atomic E-state index is 13.0. The molecule has 7 heteroatoms. The number of ketones is 1. The van der Waals surface area contributed by atoms with Crippen molar-refractivity contribution in [2.75, 3.05) is 7.11 Å². The molecule has 8 atom stereocenters. The minimum Gasteiger partial charge on any atom is -0.481 e. The topological polar surface area (TPSA) is 110 Å². The highest BCUT2D eigenvalue weighted by Gasteiger charge is 2.79. The van der Waals surface area contributed by atoms with E-state index in [0.717, 1.165) is 12.0 Å². The Morgan fingerprint density at radius 3 is 2.65 bits per heavy atom. The molecule has 0 radical (unpaired) electrons. The van der Waals surface area contributed by atoms with Gasteiger partial charge in [0.25, 0.3) is 0 Å². The molecule has 170 valence electrons. The summed E-state index contributed by atoms with van der Waals surface area (Å²) in [6, 6.07) is 0. The standard InChI is InChI=1S/C24H32O7/c1-21-8-9-24-19(16(21)4-6-23(21,29)7-5-18(26)27)15(20(28)30-3)11-13-10-14(25)12-17(31-24)22(13,24)2/h10,15-17,19,29H,4-9,11-12H2,1-3H3,(H,26,27)/t15?,16-,17?,19-,21-,22+,23-,24+/m0/s1. The van der Waals surface area contributed by atoms with Gasteiger partial charge in [-0.2, -0.15) is 0 Å². The van der Waals surface area contributed by atoms with Crippen LogP contribution in [-0.2, 0) is 23.9 Å². The maximum Gasteiger partial charge on any atom is 0.309 e. The Hall–Kier alpha value is -1.73. The minimum absolute atomic E-state index is 0.0288. The van der Waals surface area contributed by atoms with Gasteiger partial charge in [0.15, 0.2) is 5.78 Å². The average molecular weight is 433 g/mol. The first-order chi connectivity index (χ1) is 14.5. The summed E-state index contributed by atoms with van der Waals surface area (Å²) in [6.07, 6.45) is 5.25. The van der Waals surface area contributed by atoms with Gasteiger partial charge < -0.3 is 19.7 Å². The molecule has 31 heavy (non-hydrogen) atoms. The van der Waals surface area contributed by atoms with E-state index in [1.54, 1.807) is 6.08 Å². The van der Waals surface area contributed by atoms with Crippen LogP contribution in [0.3, 0.4) is 0 Å². The van der Waals surface area contributed by atoms with E-state index in [1.165, 1.54) is 7.11 Å². The molecule has 1 saturated heterocycles. The summed E-state index contributed by atoms with van der Waals surface area (Å²) >= 11 is 0. The lowest BCUT2D eigenvalue weighted by molar-refractivity contribution is -0.366. The molecule has 0 aromatic carbocycles. The van der Waals surface area contributed by atoms with Gasteiger partial charge in [-0.25, -0.2) is 0 Å². The maximum absolute atomic E-state index is 13.0. The highest BCUT2D eigenvalue weighted by molar-refractivity contribution is 5.93. The number of hydrogen-bond donors (Lipinski definition) is 2. The van der Waals surface area contributed by atoms with Gasteiger partial charge in [-0.1, -0.05) is 19.4 Å². The third-order valence-corrected chi connectivity index (χ3v) is 10.1. The monoisotopic (exact) mass is 432 g/mol. The number of carbonyl (C=O) groups excluding carboxylic acids is 2. The fraction of sp³-hybridized carbons (Fsp3) is 0.792. The first kappa shape index (κ1) is 21.1. The second-order valence-electron chi connectivity index (χ2n) is 10.9. The summed E-state index contributed by atoms with van der Waals surface area (Å²) in [5.74, 6) is -1.66. The Morgan fingerprint density at radius 1 is 1.23 bits per heavy atom. The van der Waals surface area contributed by atoms with Gasteiger partial charge in [-0.05, 0) is 55.9 Å². The number of methoxy groups -OCH3 is 1. The zero-order chi connectivity index (χ0) is 22.4. The molecule has 1 aliphatic heterocycles. The van der Waals surface area contributed by atoms with E-state index in [0.29, 0.717) is 32.1 Å². The van der Waals surface area contributed by atoms with E-state index < -0.39 is 28.5 Å². The molecule has 0 bridgehead atoms. The predicted molar refractivity (Wildman–Crippen MR) is 109 cm³/mol. The highest BCUT2D eigenvalue weighted by Crippen LogP contribution is 2.76. The molecule has 0 aromatic heterocycles. The lowest BCUT2D eigenvalue weighted by atomic mass is 9.38. The highest BCUT2D eigenvalue weighted by atomic mass is 16.5. The number of carbonyl (C=O) groups is 3. The van der Waals surface area contributed by atoms with Crippen molar-refractivity contribution in [3.05, 3.63) is 11.6 Å². The van der Waals surface area contributed by atoms with Gasteiger partial charge in [0, 0.05) is 24.2 Å². The third kappa shape index (κ3) is 2.39. The van der Waals surface area contributed by atoms with E-state index in [9.17, 15) is 24.6 Å². The number of carboxylic acids is 1. The zero-order valence-electron chi connectivity index (χ0n) is 18.5.